The summed E-state index contributed by atoms with van der Waals surface area (Å²) in [6, 6.07) is -0.293. The molecular weight excluding hydrogens is 252 g/mol. The monoisotopic (exact) mass is 264 g/mol. The van der Waals surface area contributed by atoms with Crippen LogP contribution in [-0.2, 0) is 4.79 Å². The fourth-order valence-electron chi connectivity index (χ4n) is 1.30. The van der Waals surface area contributed by atoms with Crippen molar-refractivity contribution < 1.29 is 4.79 Å². The van der Waals surface area contributed by atoms with E-state index in [1.807, 2.05) is 12.3 Å². The smallest absolute Gasteiger partial charge is 0.244 e. The third-order valence-corrected chi connectivity index (χ3v) is 2.94. The van der Waals surface area contributed by atoms with Gasteiger partial charge in [0.15, 0.2) is 5.82 Å². The molecule has 0 aliphatic heterocycles. The summed E-state index contributed by atoms with van der Waals surface area (Å²) in [5, 5.41) is 18.9. The van der Waals surface area contributed by atoms with Crippen molar-refractivity contribution >= 4 is 23.3 Å². The number of nitrogens with one attached hydrogen (secondary N) is 2. The number of hydrogen-bond acceptors (Lipinski definition) is 6. The maximum absolute atomic E-state index is 11.6. The van der Waals surface area contributed by atoms with Crippen molar-refractivity contribution in [3.8, 4) is 0 Å². The number of nitrogens with zero attached hydrogens (tertiary/aromatic N) is 4. The average molecular weight is 264 g/mol. The number of tetrazole rings is 1. The Morgan fingerprint density at radius 2 is 2.44 bits per heavy atom. The van der Waals surface area contributed by atoms with E-state index < -0.39 is 0 Å². The van der Waals surface area contributed by atoms with Crippen LogP contribution < -0.4 is 5.32 Å². The summed E-state index contributed by atoms with van der Waals surface area (Å²) < 4.78 is 0. The number of amides is 1. The molecule has 0 aliphatic carbocycles. The highest BCUT2D eigenvalue weighted by Gasteiger charge is 2.11. The van der Waals surface area contributed by atoms with Crippen molar-refractivity contribution in [1.82, 2.24) is 30.9 Å². The molecule has 2 aromatic heterocycles. The first kappa shape index (κ1) is 12.4. The second-order valence-corrected chi connectivity index (χ2v) is 4.69. The lowest BCUT2D eigenvalue weighted by Gasteiger charge is -2.06. The van der Waals surface area contributed by atoms with Crippen LogP contribution in [0.25, 0.3) is 6.08 Å². The molecule has 0 spiro atoms. The molecule has 2 N–H and O–H groups in total. The normalized spacial score (nSPS) is 12.8. The van der Waals surface area contributed by atoms with Crippen LogP contribution in [0, 0.1) is 6.92 Å². The highest BCUT2D eigenvalue weighted by molar-refractivity contribution is 7.09. The van der Waals surface area contributed by atoms with Crippen LogP contribution in [-0.4, -0.2) is 31.5 Å². The summed E-state index contributed by atoms with van der Waals surface area (Å²) in [5.41, 5.74) is 0.778. The Bertz CT molecular complexity index is 546. The van der Waals surface area contributed by atoms with E-state index in [2.05, 4.69) is 30.9 Å². The third kappa shape index (κ3) is 3.20. The maximum atomic E-state index is 11.6. The van der Waals surface area contributed by atoms with Crippen molar-refractivity contribution in [2.45, 2.75) is 19.9 Å². The SMILES string of the molecule is Cc1nc(/C=C/C(=O)NC(C)c2nn[nH]n2)cs1. The Labute approximate surface area is 107 Å². The molecule has 8 heteroatoms. The van der Waals surface area contributed by atoms with Gasteiger partial charge >= 0.3 is 0 Å². The highest BCUT2D eigenvalue weighted by atomic mass is 32.1. The first-order chi connectivity index (χ1) is 8.65. The lowest BCUT2D eigenvalue weighted by atomic mass is 10.3. The molecule has 7 nitrogen and oxygen atoms in total. The molecule has 0 saturated heterocycles. The standard InChI is InChI=1S/C10H12N6OS/c1-6(10-13-15-16-14-10)11-9(17)4-3-8-5-18-7(2)12-8/h3-6H,1-2H3,(H,11,17)(H,13,14,15,16)/b4-3+. The van der Waals surface area contributed by atoms with Gasteiger partial charge in [-0.3, -0.25) is 4.79 Å². The van der Waals surface area contributed by atoms with E-state index in [9.17, 15) is 4.79 Å². The molecule has 94 valence electrons. The molecule has 18 heavy (non-hydrogen) atoms. The van der Waals surface area contributed by atoms with Crippen LogP contribution >= 0.6 is 11.3 Å². The van der Waals surface area contributed by atoms with Crippen LogP contribution in [0.2, 0.25) is 0 Å². The summed E-state index contributed by atoms with van der Waals surface area (Å²) in [6.45, 7) is 3.70. The van der Waals surface area contributed by atoms with Gasteiger partial charge in [0.2, 0.25) is 5.91 Å². The molecule has 2 aromatic rings. The minimum Gasteiger partial charge on any atom is -0.343 e. The van der Waals surface area contributed by atoms with Crippen LogP contribution in [0.4, 0.5) is 0 Å². The third-order valence-electron chi connectivity index (χ3n) is 2.15. The van der Waals surface area contributed by atoms with Crippen LogP contribution in [0.15, 0.2) is 11.5 Å². The number of thiazole rings is 1. The molecule has 0 aliphatic rings. The molecule has 0 aromatic carbocycles. The van der Waals surface area contributed by atoms with E-state index in [4.69, 9.17) is 0 Å². The number of aromatic amines is 1. The van der Waals surface area contributed by atoms with E-state index in [0.29, 0.717) is 5.82 Å². The van der Waals surface area contributed by atoms with Gasteiger partial charge in [-0.15, -0.1) is 21.5 Å². The quantitative estimate of drug-likeness (QED) is 0.798. The molecule has 0 radical (unpaired) electrons. The van der Waals surface area contributed by atoms with Gasteiger partial charge in [0.05, 0.1) is 16.7 Å². The molecule has 0 fully saturated rings. The van der Waals surface area contributed by atoms with Gasteiger partial charge in [-0.25, -0.2) is 4.98 Å². The molecule has 0 bridgehead atoms. The molecule has 2 heterocycles. The van der Waals surface area contributed by atoms with Crippen LogP contribution in [0.5, 0.6) is 0 Å². The minimum atomic E-state index is -0.293. The van der Waals surface area contributed by atoms with E-state index in [1.165, 1.54) is 6.08 Å². The van der Waals surface area contributed by atoms with Crippen molar-refractivity contribution in [2.24, 2.45) is 0 Å². The summed E-state index contributed by atoms with van der Waals surface area (Å²) in [5.74, 6) is 0.221. The van der Waals surface area contributed by atoms with Crippen molar-refractivity contribution in [1.29, 1.82) is 0 Å². The number of H-pyrrole nitrogens is 1. The second-order valence-electron chi connectivity index (χ2n) is 3.63. The van der Waals surface area contributed by atoms with Crippen molar-refractivity contribution in [2.75, 3.05) is 0 Å². The summed E-state index contributed by atoms with van der Waals surface area (Å²) in [4.78, 5) is 15.8. The average Bonchev–Trinajstić information content (AvgIpc) is 2.97. The van der Waals surface area contributed by atoms with Crippen LogP contribution in [0.1, 0.15) is 29.5 Å². The summed E-state index contributed by atoms with van der Waals surface area (Å²) in [6.07, 6.45) is 3.10. The number of hydrogen-bond donors (Lipinski definition) is 2. The van der Waals surface area contributed by atoms with Crippen LogP contribution in [0.3, 0.4) is 0 Å². The summed E-state index contributed by atoms with van der Waals surface area (Å²) in [7, 11) is 0. The Hall–Kier alpha value is -2.09. The number of rotatable bonds is 4. The zero-order valence-electron chi connectivity index (χ0n) is 9.91. The fraction of sp³-hybridized carbons (Fsp3) is 0.300. The van der Waals surface area contributed by atoms with Gasteiger partial charge < -0.3 is 5.32 Å². The van der Waals surface area contributed by atoms with E-state index in [-0.39, 0.29) is 11.9 Å². The summed E-state index contributed by atoms with van der Waals surface area (Å²) >= 11 is 1.54. The maximum Gasteiger partial charge on any atom is 0.244 e. The lowest BCUT2D eigenvalue weighted by Crippen LogP contribution is -2.25. The van der Waals surface area contributed by atoms with E-state index in [0.717, 1.165) is 10.7 Å². The molecule has 1 amide bonds. The van der Waals surface area contributed by atoms with Gasteiger partial charge in [0.1, 0.15) is 0 Å². The molecule has 0 saturated carbocycles. The van der Waals surface area contributed by atoms with E-state index in [1.54, 1.807) is 24.3 Å². The van der Waals surface area contributed by atoms with Gasteiger partial charge in [0.25, 0.3) is 0 Å². The Morgan fingerprint density at radius 3 is 3.06 bits per heavy atom. The Kier molecular flexibility index (Phi) is 3.78. The largest absolute Gasteiger partial charge is 0.343 e. The van der Waals surface area contributed by atoms with Crippen molar-refractivity contribution in [3.63, 3.8) is 0 Å². The van der Waals surface area contributed by atoms with Gasteiger partial charge in [-0.05, 0) is 19.9 Å². The van der Waals surface area contributed by atoms with Gasteiger partial charge in [-0.2, -0.15) is 5.21 Å². The molecule has 2 rings (SSSR count). The zero-order valence-corrected chi connectivity index (χ0v) is 10.7. The fourth-order valence-corrected chi connectivity index (χ4v) is 1.88. The lowest BCUT2D eigenvalue weighted by molar-refractivity contribution is -0.117. The first-order valence-corrected chi connectivity index (χ1v) is 6.17. The Balaban J connectivity index is 1.91. The van der Waals surface area contributed by atoms with Gasteiger partial charge in [0, 0.05) is 11.5 Å². The van der Waals surface area contributed by atoms with Gasteiger partial charge in [-0.1, -0.05) is 5.21 Å². The highest BCUT2D eigenvalue weighted by Crippen LogP contribution is 2.09. The number of aryl methyl sites for hydroxylation is 1. The number of carbonyl (C=O) groups excluding carboxylic acids is 1. The topological polar surface area (TPSA) is 96.5 Å². The van der Waals surface area contributed by atoms with E-state index >= 15 is 0 Å². The predicted molar refractivity (Wildman–Crippen MR) is 66.6 cm³/mol. The first-order valence-electron chi connectivity index (χ1n) is 5.29. The molecular formula is C10H12N6OS. The number of aromatic nitrogens is 5. The minimum absolute atomic E-state index is 0.224. The van der Waals surface area contributed by atoms with Crippen molar-refractivity contribution in [3.05, 3.63) is 28.0 Å². The number of carbonyl (C=O) groups is 1. The molecule has 1 atom stereocenters. The second kappa shape index (κ2) is 5.50. The predicted octanol–water partition coefficient (Wildman–Crippen LogP) is 0.855. The zero-order chi connectivity index (χ0) is 13.0. The Morgan fingerprint density at radius 1 is 1.61 bits per heavy atom. The molecule has 1 unspecified atom stereocenters.